The van der Waals surface area contributed by atoms with Crippen molar-refractivity contribution in [2.45, 2.75) is 24.5 Å². The Morgan fingerprint density at radius 1 is 1.13 bits per heavy atom. The Bertz CT molecular complexity index is 1170. The third-order valence-corrected chi connectivity index (χ3v) is 6.66. The lowest BCUT2D eigenvalue weighted by molar-refractivity contribution is 0.0706. The van der Waals surface area contributed by atoms with E-state index < -0.39 is 15.6 Å². The smallest absolute Gasteiger partial charge is 0.253 e. The molecule has 0 aliphatic carbocycles. The summed E-state index contributed by atoms with van der Waals surface area (Å²) in [6.07, 6.45) is 1.56. The summed E-state index contributed by atoms with van der Waals surface area (Å²) in [5, 5.41) is 8.58. The van der Waals surface area contributed by atoms with Crippen LogP contribution in [0.2, 0.25) is 0 Å². The Labute approximate surface area is 174 Å². The highest BCUT2D eigenvalue weighted by Crippen LogP contribution is 2.30. The van der Waals surface area contributed by atoms with Crippen molar-refractivity contribution in [2.24, 2.45) is 0 Å². The van der Waals surface area contributed by atoms with Crippen LogP contribution in [0.5, 0.6) is 0 Å². The average molecular weight is 423 g/mol. The van der Waals surface area contributed by atoms with Crippen LogP contribution in [0.15, 0.2) is 52.9 Å². The minimum Gasteiger partial charge on any atom is -0.440 e. The summed E-state index contributed by atoms with van der Waals surface area (Å²) in [6.45, 7) is 1.22. The van der Waals surface area contributed by atoms with Gasteiger partial charge in [-0.15, -0.1) is 0 Å². The molecule has 1 amide bonds. The zero-order chi connectivity index (χ0) is 21.1. The van der Waals surface area contributed by atoms with Crippen molar-refractivity contribution in [1.82, 2.24) is 9.88 Å². The van der Waals surface area contributed by atoms with Crippen molar-refractivity contribution in [3.05, 3.63) is 65.5 Å². The van der Waals surface area contributed by atoms with Crippen LogP contribution in [0.3, 0.4) is 0 Å². The van der Waals surface area contributed by atoms with E-state index in [9.17, 15) is 13.2 Å². The number of nitrogens with zero attached hydrogens (tertiary/aromatic N) is 3. The highest BCUT2D eigenvalue weighted by molar-refractivity contribution is 7.90. The molecule has 0 radical (unpaired) electrons. The van der Waals surface area contributed by atoms with Gasteiger partial charge < -0.3 is 9.32 Å². The fourth-order valence-corrected chi connectivity index (χ4v) is 4.72. The van der Waals surface area contributed by atoms with Gasteiger partial charge in [0.05, 0.1) is 11.8 Å². The van der Waals surface area contributed by atoms with Crippen molar-refractivity contribution in [2.75, 3.05) is 18.8 Å². The average Bonchev–Trinajstić information content (AvgIpc) is 3.18. The number of hydrogen-bond donors (Lipinski definition) is 0. The summed E-state index contributed by atoms with van der Waals surface area (Å²) in [6, 6.07) is 15.9. The Morgan fingerprint density at radius 2 is 1.83 bits per heavy atom. The van der Waals surface area contributed by atoms with Gasteiger partial charge in [-0.05, 0) is 42.7 Å². The molecule has 0 saturated carbocycles. The molecular weight excluding hydrogens is 402 g/mol. The van der Waals surface area contributed by atoms with Crippen LogP contribution in [-0.4, -0.2) is 43.1 Å². The number of rotatable bonds is 5. The van der Waals surface area contributed by atoms with Gasteiger partial charge in [-0.1, -0.05) is 24.3 Å². The first kappa shape index (κ1) is 20.1. The Hall–Kier alpha value is -3.18. The molecular formula is C22H21N3O4S. The maximum atomic E-state index is 12.8. The van der Waals surface area contributed by atoms with Gasteiger partial charge in [0.1, 0.15) is 11.3 Å². The SMILES string of the molecule is N#CCS(=O)(=O)Cc1ccc(C(=O)N2CCC(c3nc4ccccc4o3)CC2)cc1. The number of sulfone groups is 1. The van der Waals surface area contributed by atoms with Gasteiger partial charge in [0.2, 0.25) is 0 Å². The van der Waals surface area contributed by atoms with Crippen LogP contribution in [0.25, 0.3) is 11.1 Å². The van der Waals surface area contributed by atoms with Crippen LogP contribution in [0.1, 0.15) is 40.6 Å². The summed E-state index contributed by atoms with van der Waals surface area (Å²) < 4.78 is 29.4. The van der Waals surface area contributed by atoms with Gasteiger partial charge in [0.25, 0.3) is 5.91 Å². The molecule has 0 atom stereocenters. The molecule has 2 heterocycles. The maximum absolute atomic E-state index is 12.8. The van der Waals surface area contributed by atoms with Crippen molar-refractivity contribution in [3.8, 4) is 6.07 Å². The largest absolute Gasteiger partial charge is 0.440 e. The summed E-state index contributed by atoms with van der Waals surface area (Å²) in [4.78, 5) is 19.2. The minimum atomic E-state index is -3.45. The standard InChI is InChI=1S/C22H21N3O4S/c23-11-14-30(27,28)15-16-5-7-18(8-6-16)22(26)25-12-9-17(10-13-25)21-24-19-3-1-2-4-20(19)29-21/h1-8,17H,9-10,12-15H2. The molecule has 1 aliphatic heterocycles. The monoisotopic (exact) mass is 423 g/mol. The summed E-state index contributed by atoms with van der Waals surface area (Å²) >= 11 is 0. The first-order valence-corrected chi connectivity index (χ1v) is 11.6. The van der Waals surface area contributed by atoms with Gasteiger partial charge in [0.15, 0.2) is 21.3 Å². The quantitative estimate of drug-likeness (QED) is 0.624. The van der Waals surface area contributed by atoms with Crippen LogP contribution in [0, 0.1) is 11.3 Å². The first-order valence-electron chi connectivity index (χ1n) is 9.76. The molecule has 8 heteroatoms. The number of likely N-dealkylation sites (tertiary alicyclic amines) is 1. The fourth-order valence-electron chi connectivity index (χ4n) is 3.72. The molecule has 0 N–H and O–H groups in total. The second kappa shape index (κ2) is 8.28. The Kier molecular flexibility index (Phi) is 5.55. The predicted molar refractivity (Wildman–Crippen MR) is 111 cm³/mol. The van der Waals surface area contributed by atoms with Gasteiger partial charge in [0, 0.05) is 24.6 Å². The molecule has 30 heavy (non-hydrogen) atoms. The summed E-state index contributed by atoms with van der Waals surface area (Å²) in [5.74, 6) is 0.131. The van der Waals surface area contributed by atoms with Crippen molar-refractivity contribution in [3.63, 3.8) is 0 Å². The number of nitriles is 1. The highest BCUT2D eigenvalue weighted by atomic mass is 32.2. The lowest BCUT2D eigenvalue weighted by Gasteiger charge is -2.30. The molecule has 1 aliphatic rings. The van der Waals surface area contributed by atoms with E-state index in [4.69, 9.17) is 9.68 Å². The zero-order valence-electron chi connectivity index (χ0n) is 16.3. The van der Waals surface area contributed by atoms with E-state index in [0.717, 1.165) is 29.8 Å². The number of para-hydroxylation sites is 2. The van der Waals surface area contributed by atoms with E-state index in [0.29, 0.717) is 24.2 Å². The second-order valence-corrected chi connectivity index (χ2v) is 9.54. The lowest BCUT2D eigenvalue weighted by Crippen LogP contribution is -2.38. The Balaban J connectivity index is 1.37. The van der Waals surface area contributed by atoms with Crippen molar-refractivity contribution < 1.29 is 17.6 Å². The molecule has 0 spiro atoms. The molecule has 1 aromatic heterocycles. The number of piperidine rings is 1. The third-order valence-electron chi connectivity index (χ3n) is 5.31. The number of fused-ring (bicyclic) bond motifs is 1. The first-order chi connectivity index (χ1) is 14.4. The van der Waals surface area contributed by atoms with E-state index in [1.54, 1.807) is 35.2 Å². The van der Waals surface area contributed by atoms with E-state index in [-0.39, 0.29) is 17.6 Å². The molecule has 7 nitrogen and oxygen atoms in total. The molecule has 4 rings (SSSR count). The zero-order valence-corrected chi connectivity index (χ0v) is 17.1. The number of carbonyl (C=O) groups excluding carboxylic acids is 1. The fraction of sp³-hybridized carbons (Fsp3) is 0.318. The molecule has 1 fully saturated rings. The second-order valence-electron chi connectivity index (χ2n) is 7.47. The normalized spacial score (nSPS) is 15.2. The van der Waals surface area contributed by atoms with Crippen molar-refractivity contribution >= 4 is 26.8 Å². The molecule has 154 valence electrons. The molecule has 0 unspecified atom stereocenters. The number of aromatic nitrogens is 1. The van der Waals surface area contributed by atoms with E-state index >= 15 is 0 Å². The van der Waals surface area contributed by atoms with Gasteiger partial charge >= 0.3 is 0 Å². The molecule has 3 aromatic rings. The van der Waals surface area contributed by atoms with Gasteiger partial charge in [-0.25, -0.2) is 13.4 Å². The van der Waals surface area contributed by atoms with Gasteiger partial charge in [-0.2, -0.15) is 5.26 Å². The summed E-state index contributed by atoms with van der Waals surface area (Å²) in [5.41, 5.74) is 2.72. The van der Waals surface area contributed by atoms with Crippen LogP contribution >= 0.6 is 0 Å². The predicted octanol–water partition coefficient (Wildman–Crippen LogP) is 3.29. The molecule has 0 bridgehead atoms. The van der Waals surface area contributed by atoms with Crippen molar-refractivity contribution in [1.29, 1.82) is 5.26 Å². The number of carbonyl (C=O) groups is 1. The topological polar surface area (TPSA) is 104 Å². The van der Waals surface area contributed by atoms with Gasteiger partial charge in [-0.3, -0.25) is 4.79 Å². The van der Waals surface area contributed by atoms with E-state index in [1.165, 1.54) is 0 Å². The lowest BCUT2D eigenvalue weighted by atomic mass is 9.96. The highest BCUT2D eigenvalue weighted by Gasteiger charge is 2.27. The number of amides is 1. The Morgan fingerprint density at radius 3 is 2.50 bits per heavy atom. The number of hydrogen-bond acceptors (Lipinski definition) is 6. The third kappa shape index (κ3) is 4.36. The minimum absolute atomic E-state index is 0.0718. The van der Waals surface area contributed by atoms with Crippen LogP contribution < -0.4 is 0 Å². The van der Waals surface area contributed by atoms with E-state index in [1.807, 2.05) is 24.3 Å². The van der Waals surface area contributed by atoms with Crippen LogP contribution in [0.4, 0.5) is 0 Å². The molecule has 1 saturated heterocycles. The maximum Gasteiger partial charge on any atom is 0.253 e. The number of oxazole rings is 1. The number of benzene rings is 2. The molecule has 2 aromatic carbocycles. The summed E-state index contributed by atoms with van der Waals surface area (Å²) in [7, 11) is -3.45. The van der Waals surface area contributed by atoms with E-state index in [2.05, 4.69) is 4.98 Å². The van der Waals surface area contributed by atoms with Crippen LogP contribution in [-0.2, 0) is 15.6 Å².